The molecule has 1 aliphatic heterocycles. The van der Waals surface area contributed by atoms with Crippen LogP contribution < -0.4 is 10.6 Å². The fraction of sp³-hybridized carbons (Fsp3) is 0.312. The van der Waals surface area contributed by atoms with E-state index in [1.807, 2.05) is 66.7 Å². The molecule has 5 rings (SSSR count). The van der Waals surface area contributed by atoms with Crippen molar-refractivity contribution in [2.24, 2.45) is 0 Å². The lowest BCUT2D eigenvalue weighted by Crippen LogP contribution is -2.38. The number of esters is 1. The van der Waals surface area contributed by atoms with Gasteiger partial charge in [-0.1, -0.05) is 72.4 Å². The summed E-state index contributed by atoms with van der Waals surface area (Å²) in [5, 5.41) is 22.3. The van der Waals surface area contributed by atoms with Gasteiger partial charge in [0.25, 0.3) is 0 Å². The van der Waals surface area contributed by atoms with Gasteiger partial charge in [0, 0.05) is 24.3 Å². The summed E-state index contributed by atoms with van der Waals surface area (Å²) in [4.78, 5) is 27.8. The van der Waals surface area contributed by atoms with Crippen molar-refractivity contribution in [1.82, 2.24) is 25.8 Å². The van der Waals surface area contributed by atoms with E-state index >= 15 is 0 Å². The maximum atomic E-state index is 12.1. The quantitative estimate of drug-likeness (QED) is 0.132. The predicted molar refractivity (Wildman–Crippen MR) is 164 cm³/mol. The number of H-pyrrole nitrogens is 1. The molecule has 11 nitrogen and oxygen atoms in total. The SMILES string of the molecule is CCOC(=O)CNC(=O)NCc1cccc(-c2cccc([C@H]3O[C@@H](CSc4ncn[nH]4)C[C@@H](c4ccc(CO)cc4)O3)c2)c1. The van der Waals surface area contributed by atoms with Crippen molar-refractivity contribution in [1.29, 1.82) is 0 Å². The van der Waals surface area contributed by atoms with Gasteiger partial charge < -0.3 is 30.0 Å². The van der Waals surface area contributed by atoms with Crippen molar-refractivity contribution in [3.05, 3.63) is 101 Å². The van der Waals surface area contributed by atoms with E-state index < -0.39 is 18.3 Å². The molecule has 44 heavy (non-hydrogen) atoms. The van der Waals surface area contributed by atoms with Gasteiger partial charge in [0.2, 0.25) is 0 Å². The zero-order chi connectivity index (χ0) is 30.7. The molecule has 2 heterocycles. The predicted octanol–water partition coefficient (Wildman–Crippen LogP) is 4.66. The summed E-state index contributed by atoms with van der Waals surface area (Å²) in [5.74, 6) is 0.184. The number of urea groups is 1. The Labute approximate surface area is 259 Å². The number of aromatic amines is 1. The van der Waals surface area contributed by atoms with E-state index in [9.17, 15) is 14.7 Å². The van der Waals surface area contributed by atoms with Crippen LogP contribution in [0.15, 0.2) is 84.3 Å². The van der Waals surface area contributed by atoms with E-state index in [1.54, 1.807) is 18.7 Å². The number of hydrogen-bond donors (Lipinski definition) is 4. The lowest BCUT2D eigenvalue weighted by atomic mass is 9.99. The Bertz CT molecular complexity index is 1520. The Morgan fingerprint density at radius 3 is 2.55 bits per heavy atom. The number of rotatable bonds is 12. The Kier molecular flexibility index (Phi) is 11.0. The number of nitrogens with one attached hydrogen (secondary N) is 3. The summed E-state index contributed by atoms with van der Waals surface area (Å²) in [5.41, 5.74) is 5.61. The highest BCUT2D eigenvalue weighted by atomic mass is 32.2. The average molecular weight is 618 g/mol. The molecule has 4 N–H and O–H groups in total. The average Bonchev–Trinajstić information content (AvgIpc) is 3.60. The number of aromatic nitrogens is 3. The fourth-order valence-electron chi connectivity index (χ4n) is 4.79. The van der Waals surface area contributed by atoms with E-state index in [1.165, 1.54) is 6.33 Å². The van der Waals surface area contributed by atoms with E-state index in [2.05, 4.69) is 31.9 Å². The highest BCUT2D eigenvalue weighted by Crippen LogP contribution is 2.40. The number of amides is 2. The summed E-state index contributed by atoms with van der Waals surface area (Å²) < 4.78 is 17.8. The standard InChI is InChI=1S/C32H35N5O6S/c1-2-41-29(39)17-34-31(40)33-16-22-5-3-6-24(13-22)25-7-4-8-26(14-25)30-42-27(19-44-32-35-20-36-37-32)15-28(43-30)23-11-9-21(18-38)10-12-23/h3-14,20,27-28,30,38H,2,15-19H2,1H3,(H2,33,34,40)(H,35,36,37)/t27-,28+,30+/m1/s1. The van der Waals surface area contributed by atoms with Crippen LogP contribution in [0.3, 0.4) is 0 Å². The normalized spacial score (nSPS) is 18.0. The Balaban J connectivity index is 1.28. The lowest BCUT2D eigenvalue weighted by molar-refractivity contribution is -0.245. The first-order chi connectivity index (χ1) is 21.5. The number of hydrogen-bond acceptors (Lipinski definition) is 9. The molecule has 2 amide bonds. The smallest absolute Gasteiger partial charge is 0.325 e. The van der Waals surface area contributed by atoms with Crippen molar-refractivity contribution >= 4 is 23.8 Å². The van der Waals surface area contributed by atoms with Crippen molar-refractivity contribution in [2.75, 3.05) is 18.9 Å². The molecule has 0 radical (unpaired) electrons. The first-order valence-corrected chi connectivity index (χ1v) is 15.3. The summed E-state index contributed by atoms with van der Waals surface area (Å²) in [6, 6.07) is 23.3. The van der Waals surface area contributed by atoms with Crippen LogP contribution in [-0.4, -0.2) is 57.3 Å². The number of benzene rings is 3. The maximum Gasteiger partial charge on any atom is 0.325 e. The third-order valence-corrected chi connectivity index (χ3v) is 7.99. The van der Waals surface area contributed by atoms with Crippen LogP contribution in [0, 0.1) is 0 Å². The number of aliphatic hydroxyl groups is 1. The van der Waals surface area contributed by atoms with Crippen LogP contribution in [0.1, 0.15) is 48.0 Å². The molecule has 1 saturated heterocycles. The topological polar surface area (TPSA) is 148 Å². The first-order valence-electron chi connectivity index (χ1n) is 14.4. The van der Waals surface area contributed by atoms with Crippen LogP contribution in [-0.2, 0) is 32.2 Å². The number of ether oxygens (including phenoxy) is 3. The van der Waals surface area contributed by atoms with Gasteiger partial charge in [-0.2, -0.15) is 5.10 Å². The third kappa shape index (κ3) is 8.66. The molecule has 1 fully saturated rings. The number of nitrogens with zero attached hydrogens (tertiary/aromatic N) is 2. The van der Waals surface area contributed by atoms with Crippen LogP contribution in [0.25, 0.3) is 11.1 Å². The molecule has 4 aromatic rings. The van der Waals surface area contributed by atoms with Crippen molar-refractivity contribution in [2.45, 2.75) is 50.2 Å². The Hall–Kier alpha value is -4.23. The highest BCUT2D eigenvalue weighted by molar-refractivity contribution is 7.99. The fourth-order valence-corrected chi connectivity index (χ4v) is 5.59. The number of carbonyl (C=O) groups is 2. The molecule has 3 aromatic carbocycles. The Morgan fingerprint density at radius 1 is 1.00 bits per heavy atom. The molecule has 3 atom stereocenters. The van der Waals surface area contributed by atoms with Gasteiger partial charge in [0.05, 0.1) is 25.4 Å². The Morgan fingerprint density at radius 2 is 1.80 bits per heavy atom. The summed E-state index contributed by atoms with van der Waals surface area (Å²) in [7, 11) is 0. The van der Waals surface area contributed by atoms with Gasteiger partial charge in [-0.25, -0.2) is 9.78 Å². The minimum atomic E-state index is -0.598. The molecule has 0 saturated carbocycles. The molecular weight excluding hydrogens is 582 g/mol. The van der Waals surface area contributed by atoms with Crippen LogP contribution >= 0.6 is 11.8 Å². The van der Waals surface area contributed by atoms with Crippen LogP contribution in [0.4, 0.5) is 4.79 Å². The molecule has 0 unspecified atom stereocenters. The maximum absolute atomic E-state index is 12.1. The molecule has 12 heteroatoms. The van der Waals surface area contributed by atoms with Crippen molar-refractivity contribution in [3.8, 4) is 11.1 Å². The van der Waals surface area contributed by atoms with E-state index in [-0.39, 0.29) is 32.0 Å². The summed E-state index contributed by atoms with van der Waals surface area (Å²) in [6.45, 7) is 2.06. The van der Waals surface area contributed by atoms with Crippen molar-refractivity contribution < 1.29 is 28.9 Å². The third-order valence-electron chi connectivity index (χ3n) is 6.98. The molecule has 0 aliphatic carbocycles. The van der Waals surface area contributed by atoms with E-state index in [0.717, 1.165) is 38.5 Å². The van der Waals surface area contributed by atoms with Crippen molar-refractivity contribution in [3.63, 3.8) is 0 Å². The second-order valence-electron chi connectivity index (χ2n) is 10.1. The summed E-state index contributed by atoms with van der Waals surface area (Å²) in [6.07, 6.45) is 1.24. The van der Waals surface area contributed by atoms with Crippen LogP contribution in [0.5, 0.6) is 0 Å². The van der Waals surface area contributed by atoms with Gasteiger partial charge in [-0.3, -0.25) is 9.89 Å². The highest BCUT2D eigenvalue weighted by Gasteiger charge is 2.32. The number of thioether (sulfide) groups is 1. The first kappa shape index (κ1) is 31.2. The number of aliphatic hydroxyl groups excluding tert-OH is 1. The lowest BCUT2D eigenvalue weighted by Gasteiger charge is -2.36. The minimum absolute atomic E-state index is 0.0132. The van der Waals surface area contributed by atoms with Gasteiger partial charge in [-0.05, 0) is 46.9 Å². The molecule has 1 aliphatic rings. The zero-order valence-electron chi connectivity index (χ0n) is 24.3. The molecule has 0 spiro atoms. The van der Waals surface area contributed by atoms with Gasteiger partial charge in [-0.15, -0.1) is 0 Å². The van der Waals surface area contributed by atoms with Gasteiger partial charge >= 0.3 is 12.0 Å². The van der Waals surface area contributed by atoms with E-state index in [0.29, 0.717) is 18.7 Å². The van der Waals surface area contributed by atoms with E-state index in [4.69, 9.17) is 14.2 Å². The van der Waals surface area contributed by atoms with Gasteiger partial charge in [0.1, 0.15) is 12.9 Å². The summed E-state index contributed by atoms with van der Waals surface area (Å²) >= 11 is 1.55. The monoisotopic (exact) mass is 617 g/mol. The second kappa shape index (κ2) is 15.5. The van der Waals surface area contributed by atoms with Gasteiger partial charge in [0.15, 0.2) is 11.4 Å². The molecule has 1 aromatic heterocycles. The number of carbonyl (C=O) groups excluding carboxylic acids is 2. The van der Waals surface area contributed by atoms with Crippen LogP contribution in [0.2, 0.25) is 0 Å². The molecule has 0 bridgehead atoms. The largest absolute Gasteiger partial charge is 0.465 e. The molecule has 230 valence electrons. The zero-order valence-corrected chi connectivity index (χ0v) is 25.1. The minimum Gasteiger partial charge on any atom is -0.465 e. The molecular formula is C32H35N5O6S. The second-order valence-corrected chi connectivity index (χ2v) is 11.1.